The van der Waals surface area contributed by atoms with Crippen molar-refractivity contribution in [2.75, 3.05) is 58.0 Å². The SMILES string of the molecule is Brc1cc(Br)c(N/N=C(/C(c2ccccc2)N2CCOCC2)N2CCOCC2)c(Br)c1. The first kappa shape index (κ1) is 23.2. The highest BCUT2D eigenvalue weighted by atomic mass is 79.9. The van der Waals surface area contributed by atoms with Gasteiger partial charge < -0.3 is 14.4 Å². The Kier molecular flexibility index (Phi) is 8.42. The summed E-state index contributed by atoms with van der Waals surface area (Å²) < 4.78 is 14.1. The maximum Gasteiger partial charge on any atom is 0.147 e. The van der Waals surface area contributed by atoms with Crippen molar-refractivity contribution in [2.24, 2.45) is 5.10 Å². The van der Waals surface area contributed by atoms with Crippen LogP contribution in [0.2, 0.25) is 0 Å². The largest absolute Gasteiger partial charge is 0.379 e. The Labute approximate surface area is 208 Å². The number of nitrogens with zero attached hydrogens (tertiary/aromatic N) is 3. The molecule has 0 saturated carbocycles. The van der Waals surface area contributed by atoms with Gasteiger partial charge in [-0.15, -0.1) is 0 Å². The van der Waals surface area contributed by atoms with Crippen molar-refractivity contribution in [2.45, 2.75) is 6.04 Å². The molecule has 2 fully saturated rings. The summed E-state index contributed by atoms with van der Waals surface area (Å²) >= 11 is 10.8. The van der Waals surface area contributed by atoms with E-state index in [2.05, 4.69) is 93.3 Å². The summed E-state index contributed by atoms with van der Waals surface area (Å²) in [6, 6.07) is 14.7. The van der Waals surface area contributed by atoms with E-state index in [0.29, 0.717) is 13.2 Å². The van der Waals surface area contributed by atoms with Crippen molar-refractivity contribution < 1.29 is 9.47 Å². The molecule has 4 rings (SSSR count). The van der Waals surface area contributed by atoms with Crippen LogP contribution in [0, 0.1) is 0 Å². The molecule has 2 heterocycles. The molecule has 0 bridgehead atoms. The van der Waals surface area contributed by atoms with Crippen molar-refractivity contribution in [3.8, 4) is 0 Å². The van der Waals surface area contributed by atoms with Gasteiger partial charge in [0, 0.05) is 39.6 Å². The number of nitrogens with one attached hydrogen (secondary N) is 1. The van der Waals surface area contributed by atoms with Crippen LogP contribution >= 0.6 is 47.8 Å². The normalized spacial score (nSPS) is 19.3. The van der Waals surface area contributed by atoms with Crippen LogP contribution in [0.1, 0.15) is 11.6 Å². The highest BCUT2D eigenvalue weighted by molar-refractivity contribution is 9.11. The highest BCUT2D eigenvalue weighted by Gasteiger charge is 2.31. The predicted octanol–water partition coefficient (Wildman–Crippen LogP) is 5.11. The molecular formula is C22H25Br3N4O2. The summed E-state index contributed by atoms with van der Waals surface area (Å²) in [4.78, 5) is 4.80. The fourth-order valence-electron chi connectivity index (χ4n) is 3.85. The van der Waals surface area contributed by atoms with E-state index in [1.54, 1.807) is 0 Å². The first-order valence-corrected chi connectivity index (χ1v) is 12.7. The Morgan fingerprint density at radius 1 is 0.871 bits per heavy atom. The lowest BCUT2D eigenvalue weighted by molar-refractivity contribution is 0.0227. The van der Waals surface area contributed by atoms with Crippen LogP contribution in [-0.2, 0) is 9.47 Å². The third-order valence-corrected chi connectivity index (χ3v) is 7.10. The minimum atomic E-state index is 0.0312. The molecule has 9 heteroatoms. The van der Waals surface area contributed by atoms with Crippen molar-refractivity contribution in [3.63, 3.8) is 0 Å². The quantitative estimate of drug-likeness (QED) is 0.288. The third-order valence-electron chi connectivity index (χ3n) is 5.39. The molecule has 0 aromatic heterocycles. The molecule has 6 nitrogen and oxygen atoms in total. The van der Waals surface area contributed by atoms with Crippen molar-refractivity contribution in [1.82, 2.24) is 9.80 Å². The number of hydrogen-bond acceptors (Lipinski definition) is 5. The first-order valence-electron chi connectivity index (χ1n) is 10.3. The molecule has 0 spiro atoms. The molecule has 1 N–H and O–H groups in total. The van der Waals surface area contributed by atoms with Crippen LogP contribution in [0.15, 0.2) is 61.0 Å². The second kappa shape index (κ2) is 11.2. The van der Waals surface area contributed by atoms with Crippen molar-refractivity contribution >= 4 is 59.3 Å². The van der Waals surface area contributed by atoms with Gasteiger partial charge in [0.15, 0.2) is 0 Å². The molecule has 1 atom stereocenters. The smallest absolute Gasteiger partial charge is 0.147 e. The van der Waals surface area contributed by atoms with E-state index in [9.17, 15) is 0 Å². The Balaban J connectivity index is 1.73. The van der Waals surface area contributed by atoms with Gasteiger partial charge in [0.25, 0.3) is 0 Å². The maximum atomic E-state index is 5.64. The Bertz CT molecular complexity index is 878. The molecule has 2 aromatic carbocycles. The van der Waals surface area contributed by atoms with Crippen LogP contribution < -0.4 is 5.43 Å². The standard InChI is InChI=1S/C22H25Br3N4O2/c23-17-14-18(24)20(19(25)15-17)26-27-22(29-8-12-31-13-9-29)21(16-4-2-1-3-5-16)28-6-10-30-11-7-28/h1-5,14-15,21,26H,6-13H2/b27-22-. The zero-order valence-corrected chi connectivity index (χ0v) is 21.8. The fraction of sp³-hybridized carbons (Fsp3) is 0.409. The van der Waals surface area contributed by atoms with E-state index in [1.165, 1.54) is 5.56 Å². The number of anilines is 1. The molecule has 0 radical (unpaired) electrons. The Morgan fingerprint density at radius 3 is 2.06 bits per heavy atom. The summed E-state index contributed by atoms with van der Waals surface area (Å²) in [5.41, 5.74) is 5.45. The van der Waals surface area contributed by atoms with Crippen molar-refractivity contribution in [3.05, 3.63) is 61.4 Å². The molecule has 0 aliphatic carbocycles. The van der Waals surface area contributed by atoms with Gasteiger partial charge in [-0.25, -0.2) is 0 Å². The predicted molar refractivity (Wildman–Crippen MR) is 135 cm³/mol. The second-order valence-corrected chi connectivity index (χ2v) is 10.0. The molecule has 31 heavy (non-hydrogen) atoms. The second-order valence-electron chi connectivity index (χ2n) is 7.39. The summed E-state index contributed by atoms with van der Waals surface area (Å²) in [7, 11) is 0. The average molecular weight is 617 g/mol. The molecule has 2 aliphatic rings. The number of rotatable bonds is 5. The van der Waals surface area contributed by atoms with E-state index in [1.807, 2.05) is 12.1 Å². The van der Waals surface area contributed by atoms with Gasteiger partial charge in [0.1, 0.15) is 5.84 Å². The summed E-state index contributed by atoms with van der Waals surface area (Å²) in [6.45, 7) is 6.25. The molecular weight excluding hydrogens is 592 g/mol. The van der Waals surface area contributed by atoms with Gasteiger partial charge in [0.05, 0.1) is 38.2 Å². The van der Waals surface area contributed by atoms with Gasteiger partial charge in [-0.05, 0) is 49.6 Å². The summed E-state index contributed by atoms with van der Waals surface area (Å²) in [5, 5.41) is 5.00. The van der Waals surface area contributed by atoms with Crippen LogP contribution in [0.5, 0.6) is 0 Å². The van der Waals surface area contributed by atoms with Gasteiger partial charge >= 0.3 is 0 Å². The van der Waals surface area contributed by atoms with Gasteiger partial charge in [-0.1, -0.05) is 46.3 Å². The molecule has 2 aliphatic heterocycles. The van der Waals surface area contributed by atoms with Crippen LogP contribution in [0.3, 0.4) is 0 Å². The number of halogens is 3. The number of benzene rings is 2. The fourth-order valence-corrected chi connectivity index (χ4v) is 6.29. The lowest BCUT2D eigenvalue weighted by atomic mass is 10.0. The molecule has 1 unspecified atom stereocenters. The zero-order chi connectivity index (χ0) is 21.6. The topological polar surface area (TPSA) is 49.3 Å². The first-order chi connectivity index (χ1) is 15.1. The molecule has 0 amide bonds. The average Bonchev–Trinajstić information content (AvgIpc) is 2.79. The van der Waals surface area contributed by atoms with Gasteiger partial charge in [-0.3, -0.25) is 10.3 Å². The van der Waals surface area contributed by atoms with Crippen LogP contribution in [0.25, 0.3) is 0 Å². The van der Waals surface area contributed by atoms with Crippen molar-refractivity contribution in [1.29, 1.82) is 0 Å². The van der Waals surface area contributed by atoms with Crippen LogP contribution in [0.4, 0.5) is 5.69 Å². The highest BCUT2D eigenvalue weighted by Crippen LogP contribution is 2.35. The summed E-state index contributed by atoms with van der Waals surface area (Å²) in [6.07, 6.45) is 0. The van der Waals surface area contributed by atoms with E-state index in [0.717, 1.165) is 64.3 Å². The number of ether oxygens (including phenoxy) is 2. The Hall–Kier alpha value is -0.970. The number of amidine groups is 1. The van der Waals surface area contributed by atoms with E-state index in [-0.39, 0.29) is 6.04 Å². The monoisotopic (exact) mass is 614 g/mol. The minimum absolute atomic E-state index is 0.0312. The number of hydrazone groups is 1. The molecule has 2 saturated heterocycles. The molecule has 166 valence electrons. The van der Waals surface area contributed by atoms with Gasteiger partial charge in [0.2, 0.25) is 0 Å². The van der Waals surface area contributed by atoms with Gasteiger partial charge in [-0.2, -0.15) is 5.10 Å². The van der Waals surface area contributed by atoms with E-state index < -0.39 is 0 Å². The zero-order valence-electron chi connectivity index (χ0n) is 17.1. The van der Waals surface area contributed by atoms with E-state index in [4.69, 9.17) is 14.6 Å². The number of hydrogen-bond donors (Lipinski definition) is 1. The maximum absolute atomic E-state index is 5.64. The number of morpholine rings is 2. The lowest BCUT2D eigenvalue weighted by Gasteiger charge is -2.40. The lowest BCUT2D eigenvalue weighted by Crippen LogP contribution is -2.50. The minimum Gasteiger partial charge on any atom is -0.379 e. The third kappa shape index (κ3) is 5.89. The van der Waals surface area contributed by atoms with Crippen LogP contribution in [-0.4, -0.2) is 68.2 Å². The molecule has 2 aromatic rings. The summed E-state index contributed by atoms with van der Waals surface area (Å²) in [5.74, 6) is 0.998. The van der Waals surface area contributed by atoms with E-state index >= 15 is 0 Å². The Morgan fingerprint density at radius 2 is 1.45 bits per heavy atom.